The molecule has 1 N–H and O–H groups in total. The van der Waals surface area contributed by atoms with Crippen LogP contribution < -0.4 is 5.32 Å². The Labute approximate surface area is 186 Å². The van der Waals surface area contributed by atoms with E-state index in [2.05, 4.69) is 16.8 Å². The number of hydrogen-bond donors (Lipinski definition) is 1. The molecule has 160 valence electrons. The molecule has 0 saturated carbocycles. The Morgan fingerprint density at radius 3 is 2.55 bits per heavy atom. The highest BCUT2D eigenvalue weighted by Gasteiger charge is 2.24. The van der Waals surface area contributed by atoms with Crippen molar-refractivity contribution in [3.63, 3.8) is 0 Å². The lowest BCUT2D eigenvalue weighted by atomic mass is 10.1. The van der Waals surface area contributed by atoms with E-state index in [0.717, 1.165) is 23.0 Å². The Balaban J connectivity index is 1.74. The monoisotopic (exact) mass is 437 g/mol. The lowest BCUT2D eigenvalue weighted by Gasteiger charge is -2.27. The molecule has 0 atom stereocenters. The fraction of sp³-hybridized carbons (Fsp3) is 0.250. The van der Waals surface area contributed by atoms with Crippen LogP contribution in [0, 0.1) is 0 Å². The second-order valence-electron chi connectivity index (χ2n) is 7.28. The van der Waals surface area contributed by atoms with Crippen molar-refractivity contribution < 1.29 is 14.3 Å². The lowest BCUT2D eigenvalue weighted by molar-refractivity contribution is -0.131. The molecule has 1 aromatic heterocycles. The molecular formula is C24H24ClN3O3. The number of carbonyl (C=O) groups excluding carboxylic acids is 2. The van der Waals surface area contributed by atoms with Crippen molar-refractivity contribution in [1.29, 1.82) is 0 Å². The summed E-state index contributed by atoms with van der Waals surface area (Å²) >= 11 is 6.20. The van der Waals surface area contributed by atoms with Crippen molar-refractivity contribution in [2.24, 2.45) is 0 Å². The van der Waals surface area contributed by atoms with Gasteiger partial charge in [-0.1, -0.05) is 41.9 Å². The van der Waals surface area contributed by atoms with Crippen LogP contribution in [0.4, 0.5) is 0 Å². The summed E-state index contributed by atoms with van der Waals surface area (Å²) in [6.07, 6.45) is 3.75. The topological polar surface area (TPSA) is 63.6 Å². The molecule has 1 fully saturated rings. The minimum absolute atomic E-state index is 0.214. The van der Waals surface area contributed by atoms with Gasteiger partial charge in [0.15, 0.2) is 0 Å². The molecule has 0 radical (unpaired) electrons. The Bertz CT molecular complexity index is 1150. The highest BCUT2D eigenvalue weighted by Crippen LogP contribution is 2.24. The van der Waals surface area contributed by atoms with Gasteiger partial charge in [0, 0.05) is 42.3 Å². The molecule has 4 rings (SSSR count). The molecule has 1 aliphatic rings. The van der Waals surface area contributed by atoms with Gasteiger partial charge >= 0.3 is 0 Å². The maximum absolute atomic E-state index is 13.3. The number of aromatic nitrogens is 1. The maximum atomic E-state index is 13.3. The first-order chi connectivity index (χ1) is 15.1. The smallest absolute Gasteiger partial charge is 0.270 e. The van der Waals surface area contributed by atoms with Crippen molar-refractivity contribution in [3.05, 3.63) is 76.6 Å². The number of halogens is 1. The number of ether oxygens (including phenoxy) is 1. The van der Waals surface area contributed by atoms with Gasteiger partial charge in [0.05, 0.1) is 23.8 Å². The second kappa shape index (κ2) is 9.37. The average molecular weight is 438 g/mol. The fourth-order valence-corrected chi connectivity index (χ4v) is 3.95. The summed E-state index contributed by atoms with van der Waals surface area (Å²) in [5.41, 5.74) is 2.48. The van der Waals surface area contributed by atoms with Gasteiger partial charge in [-0.05, 0) is 31.2 Å². The molecular weight excluding hydrogens is 414 g/mol. The first-order valence-corrected chi connectivity index (χ1v) is 10.7. The van der Waals surface area contributed by atoms with Crippen LogP contribution in [0.2, 0.25) is 5.02 Å². The van der Waals surface area contributed by atoms with E-state index in [-0.39, 0.29) is 11.6 Å². The molecule has 0 bridgehead atoms. The quantitative estimate of drug-likeness (QED) is 0.615. The second-order valence-corrected chi connectivity index (χ2v) is 7.69. The van der Waals surface area contributed by atoms with Crippen molar-refractivity contribution in [2.45, 2.75) is 13.5 Å². The van der Waals surface area contributed by atoms with Gasteiger partial charge in [-0.2, -0.15) is 0 Å². The van der Waals surface area contributed by atoms with E-state index in [0.29, 0.717) is 36.9 Å². The third kappa shape index (κ3) is 4.50. The molecule has 0 aliphatic carbocycles. The Hall–Kier alpha value is -3.09. The van der Waals surface area contributed by atoms with Gasteiger partial charge in [0.1, 0.15) is 5.70 Å². The van der Waals surface area contributed by atoms with Gasteiger partial charge in [-0.15, -0.1) is 0 Å². The third-order valence-corrected chi connectivity index (χ3v) is 5.68. The molecule has 31 heavy (non-hydrogen) atoms. The predicted molar refractivity (Wildman–Crippen MR) is 122 cm³/mol. The van der Waals surface area contributed by atoms with Crippen LogP contribution in [0.1, 0.15) is 22.8 Å². The van der Waals surface area contributed by atoms with Crippen molar-refractivity contribution >= 4 is 40.4 Å². The molecule has 2 heterocycles. The summed E-state index contributed by atoms with van der Waals surface area (Å²) in [5, 5.41) is 4.16. The summed E-state index contributed by atoms with van der Waals surface area (Å²) in [6.45, 7) is 4.79. The number of rotatable bonds is 5. The molecule has 7 heteroatoms. The molecule has 0 unspecified atom stereocenters. The normalized spacial score (nSPS) is 14.6. The maximum Gasteiger partial charge on any atom is 0.270 e. The number of para-hydroxylation sites is 1. The lowest BCUT2D eigenvalue weighted by Crippen LogP contribution is -2.44. The SMILES string of the molecule is CCn1cc(C=C(NC(=O)c2ccccc2Cl)C(=O)N2CCOCC2)c2ccccc21. The number of amides is 2. The first-order valence-electron chi connectivity index (χ1n) is 10.3. The minimum Gasteiger partial charge on any atom is -0.378 e. The van der Waals surface area contributed by atoms with Gasteiger partial charge in [0.25, 0.3) is 11.8 Å². The Morgan fingerprint density at radius 1 is 1.10 bits per heavy atom. The van der Waals surface area contributed by atoms with Crippen molar-refractivity contribution in [3.8, 4) is 0 Å². The van der Waals surface area contributed by atoms with Crippen LogP contribution in [0.5, 0.6) is 0 Å². The Kier molecular flexibility index (Phi) is 6.39. The number of benzene rings is 2. The standard InChI is InChI=1S/C24H24ClN3O3/c1-2-27-16-17(18-7-4-6-10-22(18)27)15-21(24(30)28-11-13-31-14-12-28)26-23(29)19-8-3-5-9-20(19)25/h3-10,15-16H,2,11-14H2,1H3,(H,26,29). The number of nitrogens with one attached hydrogen (secondary N) is 1. The van der Waals surface area contributed by atoms with E-state index in [1.54, 1.807) is 35.2 Å². The van der Waals surface area contributed by atoms with Gasteiger partial charge in [-0.25, -0.2) is 0 Å². The molecule has 6 nitrogen and oxygen atoms in total. The summed E-state index contributed by atoms with van der Waals surface area (Å²) in [5.74, 6) is -0.658. The van der Waals surface area contributed by atoms with Crippen LogP contribution >= 0.6 is 11.6 Å². The van der Waals surface area contributed by atoms with Crippen LogP contribution in [0.25, 0.3) is 17.0 Å². The minimum atomic E-state index is -0.419. The average Bonchev–Trinajstić information content (AvgIpc) is 3.16. The molecule has 1 saturated heterocycles. The zero-order valence-corrected chi connectivity index (χ0v) is 18.1. The Morgan fingerprint density at radius 2 is 1.81 bits per heavy atom. The number of fused-ring (bicyclic) bond motifs is 1. The summed E-state index contributed by atoms with van der Waals surface area (Å²) in [4.78, 5) is 28.0. The van der Waals surface area contributed by atoms with Crippen LogP contribution in [0.3, 0.4) is 0 Å². The highest BCUT2D eigenvalue weighted by molar-refractivity contribution is 6.34. The van der Waals surface area contributed by atoms with Gasteiger partial charge in [-0.3, -0.25) is 9.59 Å². The molecule has 3 aromatic rings. The third-order valence-electron chi connectivity index (χ3n) is 5.36. The van der Waals surface area contributed by atoms with E-state index in [4.69, 9.17) is 16.3 Å². The molecule has 2 aromatic carbocycles. The number of nitrogens with zero attached hydrogens (tertiary/aromatic N) is 2. The number of morpholine rings is 1. The van der Waals surface area contributed by atoms with E-state index < -0.39 is 5.91 Å². The summed E-state index contributed by atoms with van der Waals surface area (Å²) in [6, 6.07) is 14.8. The zero-order valence-electron chi connectivity index (χ0n) is 17.3. The highest BCUT2D eigenvalue weighted by atomic mass is 35.5. The van der Waals surface area contributed by atoms with Gasteiger partial charge < -0.3 is 19.5 Å². The van der Waals surface area contributed by atoms with Crippen LogP contribution in [0.15, 0.2) is 60.4 Å². The van der Waals surface area contributed by atoms with Crippen LogP contribution in [-0.2, 0) is 16.1 Å². The van der Waals surface area contributed by atoms with E-state index in [9.17, 15) is 9.59 Å². The van der Waals surface area contributed by atoms with Crippen LogP contribution in [-0.4, -0.2) is 47.6 Å². The fourth-order valence-electron chi connectivity index (χ4n) is 3.73. The number of hydrogen-bond acceptors (Lipinski definition) is 3. The zero-order chi connectivity index (χ0) is 21.8. The predicted octanol–water partition coefficient (Wildman–Crippen LogP) is 3.94. The molecule has 1 aliphatic heterocycles. The van der Waals surface area contributed by atoms with Gasteiger partial charge in [0.2, 0.25) is 0 Å². The largest absolute Gasteiger partial charge is 0.378 e. The number of carbonyl (C=O) groups is 2. The summed E-state index contributed by atoms with van der Waals surface area (Å²) < 4.78 is 7.49. The number of aryl methyl sites for hydroxylation is 1. The molecule has 0 spiro atoms. The van der Waals surface area contributed by atoms with E-state index >= 15 is 0 Å². The first kappa shape index (κ1) is 21.2. The summed E-state index contributed by atoms with van der Waals surface area (Å²) in [7, 11) is 0. The molecule has 2 amide bonds. The van der Waals surface area contributed by atoms with E-state index in [1.807, 2.05) is 30.5 Å². The van der Waals surface area contributed by atoms with E-state index in [1.165, 1.54) is 0 Å². The van der Waals surface area contributed by atoms with Crippen molar-refractivity contribution in [1.82, 2.24) is 14.8 Å². The van der Waals surface area contributed by atoms with Crippen molar-refractivity contribution in [2.75, 3.05) is 26.3 Å².